The van der Waals surface area contributed by atoms with E-state index in [2.05, 4.69) is 74.8 Å². The van der Waals surface area contributed by atoms with Gasteiger partial charge in [-0.25, -0.2) is 4.68 Å². The molecule has 2 aromatic heterocycles. The summed E-state index contributed by atoms with van der Waals surface area (Å²) in [5.41, 5.74) is 4.10. The monoisotopic (exact) mass is 484 g/mol. The van der Waals surface area contributed by atoms with Gasteiger partial charge in [0.05, 0.1) is 11.6 Å². The number of nitrogens with zero attached hydrogens (tertiary/aromatic N) is 5. The third-order valence-electron chi connectivity index (χ3n) is 7.59. The Morgan fingerprint density at radius 2 is 1.92 bits per heavy atom. The first-order chi connectivity index (χ1) is 17.6. The summed E-state index contributed by atoms with van der Waals surface area (Å²) < 4.78 is 1.98. The summed E-state index contributed by atoms with van der Waals surface area (Å²) in [4.78, 5) is 18.9. The Morgan fingerprint density at radius 1 is 1.11 bits per heavy atom. The van der Waals surface area contributed by atoms with Gasteiger partial charge in [-0.2, -0.15) is 0 Å². The zero-order valence-electron chi connectivity index (χ0n) is 21.4. The number of aromatic nitrogens is 5. The quantitative estimate of drug-likeness (QED) is 0.328. The van der Waals surface area contributed by atoms with E-state index in [1.165, 1.54) is 18.4 Å². The van der Waals surface area contributed by atoms with Crippen molar-refractivity contribution < 1.29 is 0 Å². The Balaban J connectivity index is 1.47. The first kappa shape index (κ1) is 24.4. The van der Waals surface area contributed by atoms with Crippen molar-refractivity contribution in [2.24, 2.45) is 0 Å². The van der Waals surface area contributed by atoms with Crippen molar-refractivity contribution in [2.45, 2.75) is 84.0 Å². The minimum absolute atomic E-state index is 0.00119. The highest BCUT2D eigenvalue weighted by atomic mass is 16.1. The predicted octanol–water partition coefficient (Wildman–Crippen LogP) is 5.35. The second-order valence-electron chi connectivity index (χ2n) is 10.1. The average molecular weight is 485 g/mol. The van der Waals surface area contributed by atoms with Gasteiger partial charge in [-0.3, -0.25) is 9.69 Å². The summed E-state index contributed by atoms with van der Waals surface area (Å²) in [7, 11) is 0. The molecule has 7 nitrogen and oxygen atoms in total. The van der Waals surface area contributed by atoms with Crippen LogP contribution in [0.2, 0.25) is 0 Å². The van der Waals surface area contributed by atoms with Crippen molar-refractivity contribution in [1.29, 1.82) is 0 Å². The van der Waals surface area contributed by atoms with Crippen LogP contribution in [-0.2, 0) is 19.5 Å². The zero-order chi connectivity index (χ0) is 24.9. The van der Waals surface area contributed by atoms with Crippen LogP contribution in [-0.4, -0.2) is 36.1 Å². The van der Waals surface area contributed by atoms with Crippen LogP contribution in [0.4, 0.5) is 0 Å². The van der Waals surface area contributed by atoms with Crippen LogP contribution < -0.4 is 5.56 Å². The summed E-state index contributed by atoms with van der Waals surface area (Å²) in [6.45, 7) is 5.58. The molecule has 0 saturated heterocycles. The molecule has 5 rings (SSSR count). The normalized spacial score (nSPS) is 15.2. The predicted molar refractivity (Wildman–Crippen MR) is 143 cm³/mol. The number of tetrazole rings is 1. The third kappa shape index (κ3) is 5.26. The van der Waals surface area contributed by atoms with Crippen LogP contribution in [0.1, 0.15) is 74.0 Å². The van der Waals surface area contributed by atoms with Crippen LogP contribution in [0, 0.1) is 6.92 Å². The number of hydrogen-bond acceptors (Lipinski definition) is 5. The molecular formula is C29H36N6O. The molecule has 1 atom stereocenters. The Labute approximate surface area is 212 Å². The van der Waals surface area contributed by atoms with Crippen molar-refractivity contribution in [2.75, 3.05) is 0 Å². The van der Waals surface area contributed by atoms with Crippen molar-refractivity contribution in [3.05, 3.63) is 87.5 Å². The highest BCUT2D eigenvalue weighted by Crippen LogP contribution is 2.34. The number of para-hydroxylation sites is 1. The first-order valence-electron chi connectivity index (χ1n) is 13.3. The molecule has 2 heterocycles. The maximum atomic E-state index is 13.2. The Kier molecular flexibility index (Phi) is 7.56. The maximum absolute atomic E-state index is 13.2. The highest BCUT2D eigenvalue weighted by Gasteiger charge is 2.33. The molecule has 4 aromatic rings. The number of nitrogens with one attached hydrogen (secondary N) is 1. The molecule has 188 valence electrons. The molecule has 2 aromatic carbocycles. The molecule has 1 N–H and O–H groups in total. The topological polar surface area (TPSA) is 79.7 Å². The van der Waals surface area contributed by atoms with Crippen molar-refractivity contribution >= 4 is 10.9 Å². The average Bonchev–Trinajstić information content (AvgIpc) is 3.59. The lowest BCUT2D eigenvalue weighted by Crippen LogP contribution is -2.39. The highest BCUT2D eigenvalue weighted by molar-refractivity contribution is 5.81. The van der Waals surface area contributed by atoms with Crippen LogP contribution in [0.3, 0.4) is 0 Å². The summed E-state index contributed by atoms with van der Waals surface area (Å²) in [5, 5.41) is 14.1. The van der Waals surface area contributed by atoms with E-state index in [0.29, 0.717) is 12.6 Å². The van der Waals surface area contributed by atoms with Gasteiger partial charge in [0.1, 0.15) is 0 Å². The number of aromatic amines is 1. The first-order valence-corrected chi connectivity index (χ1v) is 13.3. The van der Waals surface area contributed by atoms with Crippen LogP contribution in [0.15, 0.2) is 59.4 Å². The number of pyridine rings is 1. The number of rotatable bonds is 10. The summed E-state index contributed by atoms with van der Waals surface area (Å²) in [6.07, 6.45) is 7.61. The SMILES string of the molecule is CCC[C@@H](c1nnnn1CCc1ccccc1)N(Cc1cc2cccc(C)c2[nH]c1=O)C1CCCC1. The molecular weight excluding hydrogens is 448 g/mol. The van der Waals surface area contributed by atoms with Gasteiger partial charge in [0.2, 0.25) is 0 Å². The number of H-pyrrole nitrogens is 1. The number of aryl methyl sites for hydroxylation is 3. The molecule has 1 fully saturated rings. The lowest BCUT2D eigenvalue weighted by Gasteiger charge is -2.35. The Morgan fingerprint density at radius 3 is 2.69 bits per heavy atom. The fourth-order valence-electron chi connectivity index (χ4n) is 5.68. The number of hydrogen-bond donors (Lipinski definition) is 1. The molecule has 1 aliphatic carbocycles. The van der Waals surface area contributed by atoms with E-state index >= 15 is 0 Å². The molecule has 1 saturated carbocycles. The minimum Gasteiger partial charge on any atom is -0.321 e. The van der Waals surface area contributed by atoms with Gasteiger partial charge < -0.3 is 4.98 Å². The molecule has 0 aliphatic heterocycles. The maximum Gasteiger partial charge on any atom is 0.252 e. The van der Waals surface area contributed by atoms with Gasteiger partial charge in [0.25, 0.3) is 5.56 Å². The molecule has 1 aliphatic rings. The smallest absolute Gasteiger partial charge is 0.252 e. The van der Waals surface area contributed by atoms with Crippen LogP contribution in [0.25, 0.3) is 10.9 Å². The van der Waals surface area contributed by atoms with Gasteiger partial charge in [0.15, 0.2) is 5.82 Å². The fourth-order valence-corrected chi connectivity index (χ4v) is 5.68. The van der Waals surface area contributed by atoms with Crippen LogP contribution >= 0.6 is 0 Å². The van der Waals surface area contributed by atoms with E-state index in [0.717, 1.165) is 66.5 Å². The van der Waals surface area contributed by atoms with Gasteiger partial charge in [-0.05, 0) is 65.6 Å². The van der Waals surface area contributed by atoms with Crippen molar-refractivity contribution in [3.63, 3.8) is 0 Å². The number of fused-ring (bicyclic) bond motifs is 1. The minimum atomic E-state index is -0.00119. The molecule has 0 amide bonds. The van der Waals surface area contributed by atoms with E-state index in [1.54, 1.807) is 0 Å². The second-order valence-corrected chi connectivity index (χ2v) is 10.1. The summed E-state index contributed by atoms with van der Waals surface area (Å²) in [5.74, 6) is 0.910. The molecule has 0 spiro atoms. The van der Waals surface area contributed by atoms with E-state index in [9.17, 15) is 4.79 Å². The van der Waals surface area contributed by atoms with Crippen molar-refractivity contribution in [1.82, 2.24) is 30.1 Å². The second kappa shape index (κ2) is 11.2. The summed E-state index contributed by atoms with van der Waals surface area (Å²) in [6, 6.07) is 19.2. The molecule has 7 heteroatoms. The molecule has 0 bridgehead atoms. The number of benzene rings is 2. The van der Waals surface area contributed by atoms with Gasteiger partial charge >= 0.3 is 0 Å². The van der Waals surface area contributed by atoms with E-state index in [1.807, 2.05) is 23.7 Å². The van der Waals surface area contributed by atoms with Crippen LogP contribution in [0.5, 0.6) is 0 Å². The van der Waals surface area contributed by atoms with Crippen molar-refractivity contribution in [3.8, 4) is 0 Å². The third-order valence-corrected chi connectivity index (χ3v) is 7.59. The molecule has 0 radical (unpaired) electrons. The lowest BCUT2D eigenvalue weighted by molar-refractivity contribution is 0.108. The Bertz CT molecular complexity index is 1340. The fraction of sp³-hybridized carbons (Fsp3) is 0.448. The Hall–Kier alpha value is -3.32. The standard InChI is InChI=1S/C29H36N6O/c1-3-10-26(28-31-32-33-35(28)18-17-22-12-5-4-6-13-22)34(25-15-7-8-16-25)20-24-19-23-14-9-11-21(2)27(23)30-29(24)36/h4-6,9,11-14,19,25-26H,3,7-8,10,15-18,20H2,1-2H3,(H,30,36)/t26-/m0/s1. The lowest BCUT2D eigenvalue weighted by atomic mass is 10.0. The van der Waals surface area contributed by atoms with Gasteiger partial charge in [-0.15, -0.1) is 5.10 Å². The molecule has 36 heavy (non-hydrogen) atoms. The summed E-state index contributed by atoms with van der Waals surface area (Å²) >= 11 is 0. The van der Waals surface area contributed by atoms with E-state index in [-0.39, 0.29) is 11.6 Å². The zero-order valence-corrected chi connectivity index (χ0v) is 21.4. The van der Waals surface area contributed by atoms with E-state index in [4.69, 9.17) is 0 Å². The van der Waals surface area contributed by atoms with E-state index < -0.39 is 0 Å². The largest absolute Gasteiger partial charge is 0.321 e. The van der Waals surface area contributed by atoms with Gasteiger partial charge in [-0.1, -0.05) is 74.7 Å². The van der Waals surface area contributed by atoms with Gasteiger partial charge in [0, 0.05) is 24.7 Å². The molecule has 0 unspecified atom stereocenters.